The van der Waals surface area contributed by atoms with Crippen LogP contribution in [0.4, 0.5) is 0 Å². The van der Waals surface area contributed by atoms with Crippen molar-refractivity contribution in [3.63, 3.8) is 0 Å². The number of hydrogen-bond donors (Lipinski definition) is 1. The maximum atomic E-state index is 12.8. The lowest BCUT2D eigenvalue weighted by atomic mass is 9.99. The van der Waals surface area contributed by atoms with Crippen molar-refractivity contribution in [1.82, 2.24) is 14.7 Å². The quantitative estimate of drug-likeness (QED) is 0.750. The van der Waals surface area contributed by atoms with Crippen LogP contribution < -0.4 is 0 Å². The zero-order valence-electron chi connectivity index (χ0n) is 13.8. The monoisotopic (exact) mass is 309 g/mol. The molecule has 0 aromatic carbocycles. The van der Waals surface area contributed by atoms with E-state index in [2.05, 4.69) is 25.3 Å². The Hall–Kier alpha value is -1.40. The summed E-state index contributed by atoms with van der Waals surface area (Å²) in [7, 11) is 0. The summed E-state index contributed by atoms with van der Waals surface area (Å²) in [6.07, 6.45) is 1.78. The highest BCUT2D eigenvalue weighted by Gasteiger charge is 2.47. The van der Waals surface area contributed by atoms with Crippen molar-refractivity contribution < 1.29 is 14.7 Å². The lowest BCUT2D eigenvalue weighted by Gasteiger charge is -2.42. The number of hydrogen-bond acceptors (Lipinski definition) is 4. The van der Waals surface area contributed by atoms with Gasteiger partial charge in [0.15, 0.2) is 5.60 Å². The minimum atomic E-state index is -1.29. The number of β-amino-alcohol motifs (C(OH)–C–C–N with tert-alkyl or cyclic N) is 1. The van der Waals surface area contributed by atoms with Crippen LogP contribution in [-0.2, 0) is 9.59 Å². The molecule has 0 aromatic rings. The van der Waals surface area contributed by atoms with E-state index in [-0.39, 0.29) is 17.9 Å². The normalized spacial score (nSPS) is 30.0. The molecule has 2 amide bonds. The molecule has 2 fully saturated rings. The molecule has 6 heteroatoms. The highest BCUT2D eigenvalue weighted by molar-refractivity contribution is 5.88. The lowest BCUT2D eigenvalue weighted by Crippen LogP contribution is -2.61. The highest BCUT2D eigenvalue weighted by Crippen LogP contribution is 2.27. The first-order valence-electron chi connectivity index (χ1n) is 7.97. The van der Waals surface area contributed by atoms with Crippen LogP contribution >= 0.6 is 0 Å². The number of amides is 2. The molecule has 2 saturated heterocycles. The largest absolute Gasteiger partial charge is 0.379 e. The van der Waals surface area contributed by atoms with E-state index >= 15 is 0 Å². The van der Waals surface area contributed by atoms with E-state index in [1.54, 1.807) is 9.80 Å². The first-order chi connectivity index (χ1) is 10.3. The average Bonchev–Trinajstić information content (AvgIpc) is 2.89. The molecule has 6 nitrogen and oxygen atoms in total. The Bertz CT molecular complexity index is 466. The predicted octanol–water partition coefficient (Wildman–Crippen LogP) is 0.0769. The van der Waals surface area contributed by atoms with Gasteiger partial charge in [-0.2, -0.15) is 0 Å². The van der Waals surface area contributed by atoms with E-state index in [1.807, 2.05) is 6.92 Å². The minimum Gasteiger partial charge on any atom is -0.379 e. The first kappa shape index (κ1) is 17.0. The average molecular weight is 309 g/mol. The molecule has 124 valence electrons. The number of rotatable bonds is 3. The van der Waals surface area contributed by atoms with Gasteiger partial charge in [-0.3, -0.25) is 14.5 Å². The van der Waals surface area contributed by atoms with Gasteiger partial charge in [0.05, 0.1) is 0 Å². The molecular weight excluding hydrogens is 282 g/mol. The fraction of sp³-hybridized carbons (Fsp3) is 0.750. The lowest BCUT2D eigenvalue weighted by molar-refractivity contribution is -0.156. The van der Waals surface area contributed by atoms with Gasteiger partial charge in [0.25, 0.3) is 5.91 Å². The van der Waals surface area contributed by atoms with Gasteiger partial charge < -0.3 is 14.9 Å². The van der Waals surface area contributed by atoms with Crippen LogP contribution in [0.3, 0.4) is 0 Å². The Balaban J connectivity index is 2.02. The molecule has 2 unspecified atom stereocenters. The number of aliphatic hydroxyl groups is 1. The van der Waals surface area contributed by atoms with E-state index in [0.717, 1.165) is 6.54 Å². The summed E-state index contributed by atoms with van der Waals surface area (Å²) in [4.78, 5) is 30.0. The van der Waals surface area contributed by atoms with Crippen molar-refractivity contribution in [2.45, 2.75) is 44.9 Å². The fourth-order valence-electron chi connectivity index (χ4n) is 3.29. The van der Waals surface area contributed by atoms with Crippen LogP contribution in [0.25, 0.3) is 0 Å². The molecule has 2 aliphatic rings. The summed E-state index contributed by atoms with van der Waals surface area (Å²) >= 11 is 0. The predicted molar refractivity (Wildman–Crippen MR) is 84.2 cm³/mol. The molecule has 0 aromatic heterocycles. The van der Waals surface area contributed by atoms with Gasteiger partial charge in [-0.05, 0) is 33.3 Å². The van der Waals surface area contributed by atoms with Gasteiger partial charge in [0.2, 0.25) is 5.91 Å². The second-order valence-electron chi connectivity index (χ2n) is 6.68. The number of piperazine rings is 1. The molecule has 2 atom stereocenters. The molecule has 0 bridgehead atoms. The van der Waals surface area contributed by atoms with Crippen molar-refractivity contribution in [1.29, 1.82) is 0 Å². The first-order valence-corrected chi connectivity index (χ1v) is 7.97. The molecule has 2 rings (SSSR count). The van der Waals surface area contributed by atoms with Crippen molar-refractivity contribution in [2.75, 3.05) is 32.7 Å². The summed E-state index contributed by atoms with van der Waals surface area (Å²) in [6, 6.07) is 0.226. The van der Waals surface area contributed by atoms with Crippen LogP contribution in [0.2, 0.25) is 0 Å². The molecule has 0 aliphatic carbocycles. The third-order valence-electron chi connectivity index (χ3n) is 4.78. The topological polar surface area (TPSA) is 64.1 Å². The minimum absolute atomic E-state index is 0.0951. The molecule has 22 heavy (non-hydrogen) atoms. The van der Waals surface area contributed by atoms with Crippen molar-refractivity contribution in [2.24, 2.45) is 0 Å². The highest BCUT2D eigenvalue weighted by atomic mass is 16.3. The number of carbonyl (C=O) groups is 2. The van der Waals surface area contributed by atoms with Gasteiger partial charge in [-0.25, -0.2) is 0 Å². The molecule has 0 saturated carbocycles. The van der Waals surface area contributed by atoms with Crippen LogP contribution in [-0.4, -0.2) is 82.0 Å². The Morgan fingerprint density at radius 2 is 2.00 bits per heavy atom. The number of likely N-dealkylation sites (tertiary alicyclic amines) is 1. The zero-order chi connectivity index (χ0) is 16.5. The fourth-order valence-corrected chi connectivity index (χ4v) is 3.29. The standard InChI is InChI=1S/C16H27N3O3/c1-5-14(20)17-8-9-19(13(4)10-17)15(21)16(22)6-7-18(11-16)12(2)3/h5,12-13,22H,1,6-11H2,2-4H3. The Morgan fingerprint density at radius 3 is 2.50 bits per heavy atom. The number of carbonyl (C=O) groups excluding carboxylic acids is 2. The van der Waals surface area contributed by atoms with Crippen LogP contribution in [0.1, 0.15) is 27.2 Å². The van der Waals surface area contributed by atoms with Crippen molar-refractivity contribution in [3.05, 3.63) is 12.7 Å². The third-order valence-corrected chi connectivity index (χ3v) is 4.78. The van der Waals surface area contributed by atoms with Crippen LogP contribution in [0.15, 0.2) is 12.7 Å². The molecular formula is C16H27N3O3. The Morgan fingerprint density at radius 1 is 1.32 bits per heavy atom. The van der Waals surface area contributed by atoms with E-state index in [1.165, 1.54) is 6.08 Å². The zero-order valence-corrected chi connectivity index (χ0v) is 13.8. The summed E-state index contributed by atoms with van der Waals surface area (Å²) in [6.45, 7) is 12.1. The third kappa shape index (κ3) is 3.17. The molecule has 0 spiro atoms. The van der Waals surface area contributed by atoms with Crippen molar-refractivity contribution in [3.8, 4) is 0 Å². The van der Waals surface area contributed by atoms with Gasteiger partial charge in [0, 0.05) is 44.8 Å². The second kappa shape index (κ2) is 6.38. The molecule has 0 radical (unpaired) electrons. The van der Waals surface area contributed by atoms with Crippen molar-refractivity contribution >= 4 is 11.8 Å². The van der Waals surface area contributed by atoms with Crippen LogP contribution in [0, 0.1) is 0 Å². The Kier molecular flexibility index (Phi) is 4.92. The van der Waals surface area contributed by atoms with Gasteiger partial charge in [-0.1, -0.05) is 6.58 Å². The van der Waals surface area contributed by atoms with E-state index < -0.39 is 5.60 Å². The summed E-state index contributed by atoms with van der Waals surface area (Å²) in [5, 5.41) is 10.7. The van der Waals surface area contributed by atoms with Gasteiger partial charge >= 0.3 is 0 Å². The summed E-state index contributed by atoms with van der Waals surface area (Å²) in [5.41, 5.74) is -1.29. The van der Waals surface area contributed by atoms with Gasteiger partial charge in [0.1, 0.15) is 0 Å². The maximum absolute atomic E-state index is 12.8. The SMILES string of the molecule is C=CC(=O)N1CCN(C(=O)C2(O)CCN(C(C)C)C2)C(C)C1. The van der Waals surface area contributed by atoms with E-state index in [0.29, 0.717) is 38.6 Å². The second-order valence-corrected chi connectivity index (χ2v) is 6.68. The van der Waals surface area contributed by atoms with E-state index in [9.17, 15) is 14.7 Å². The maximum Gasteiger partial charge on any atom is 0.256 e. The number of nitrogens with zero attached hydrogens (tertiary/aromatic N) is 3. The van der Waals surface area contributed by atoms with Gasteiger partial charge in [-0.15, -0.1) is 0 Å². The summed E-state index contributed by atoms with van der Waals surface area (Å²) in [5.74, 6) is -0.307. The summed E-state index contributed by atoms with van der Waals surface area (Å²) < 4.78 is 0. The molecule has 1 N–H and O–H groups in total. The van der Waals surface area contributed by atoms with Crippen LogP contribution in [0.5, 0.6) is 0 Å². The van der Waals surface area contributed by atoms with E-state index in [4.69, 9.17) is 0 Å². The smallest absolute Gasteiger partial charge is 0.256 e. The Labute approximate surface area is 132 Å². The molecule has 2 heterocycles. The molecule has 2 aliphatic heterocycles.